The van der Waals surface area contributed by atoms with E-state index in [1.807, 2.05) is 6.92 Å². The molecule has 0 aromatic rings. The van der Waals surface area contributed by atoms with Gasteiger partial charge in [0.2, 0.25) is 0 Å². The number of hydrogen-bond acceptors (Lipinski definition) is 2. The van der Waals surface area contributed by atoms with Gasteiger partial charge < -0.3 is 9.47 Å². The molecule has 0 N–H and O–H groups in total. The second kappa shape index (κ2) is 2.46. The maximum Gasteiger partial charge on any atom is 0.166 e. The highest BCUT2D eigenvalue weighted by atomic mass is 16.7. The van der Waals surface area contributed by atoms with Gasteiger partial charge >= 0.3 is 0 Å². The molecule has 1 fully saturated rings. The molecule has 72 valence electrons. The van der Waals surface area contributed by atoms with Crippen molar-refractivity contribution in [3.05, 3.63) is 0 Å². The Labute approximate surface area is 75.2 Å². The molecule has 0 unspecified atom stereocenters. The zero-order valence-corrected chi connectivity index (χ0v) is 9.02. The summed E-state index contributed by atoms with van der Waals surface area (Å²) in [4.78, 5) is 0. The SMILES string of the molecule is CO[C@]1(C)CC(C)(C)C(C)(C)O1. The summed E-state index contributed by atoms with van der Waals surface area (Å²) >= 11 is 0. The average Bonchev–Trinajstić information content (AvgIpc) is 1.99. The standard InChI is InChI=1S/C10H20O2/c1-8(2)7-10(5,11-6)12-9(8,3)4/h7H2,1-6H3/t10-/m0/s1. The highest BCUT2D eigenvalue weighted by Crippen LogP contribution is 2.50. The van der Waals surface area contributed by atoms with Crippen molar-refractivity contribution < 1.29 is 9.47 Å². The molecule has 1 aliphatic rings. The summed E-state index contributed by atoms with van der Waals surface area (Å²) in [7, 11) is 1.71. The van der Waals surface area contributed by atoms with Crippen LogP contribution in [0.4, 0.5) is 0 Å². The first-order valence-electron chi connectivity index (χ1n) is 4.48. The lowest BCUT2D eigenvalue weighted by atomic mass is 9.76. The molecule has 0 radical (unpaired) electrons. The third kappa shape index (κ3) is 1.38. The van der Waals surface area contributed by atoms with Crippen LogP contribution in [0.2, 0.25) is 0 Å². The van der Waals surface area contributed by atoms with Gasteiger partial charge in [0.05, 0.1) is 5.60 Å². The maximum atomic E-state index is 5.88. The Morgan fingerprint density at radius 1 is 1.08 bits per heavy atom. The Morgan fingerprint density at radius 3 is 1.75 bits per heavy atom. The molecule has 0 amide bonds. The van der Waals surface area contributed by atoms with Crippen LogP contribution >= 0.6 is 0 Å². The van der Waals surface area contributed by atoms with Crippen molar-refractivity contribution in [3.8, 4) is 0 Å². The van der Waals surface area contributed by atoms with E-state index in [1.165, 1.54) is 0 Å². The van der Waals surface area contributed by atoms with Crippen molar-refractivity contribution in [2.24, 2.45) is 5.41 Å². The van der Waals surface area contributed by atoms with Crippen LogP contribution in [-0.2, 0) is 9.47 Å². The second-order valence-corrected chi connectivity index (χ2v) is 5.01. The Hall–Kier alpha value is -0.0800. The Balaban J connectivity index is 2.88. The molecule has 0 bridgehead atoms. The maximum absolute atomic E-state index is 5.88. The van der Waals surface area contributed by atoms with Gasteiger partial charge in [-0.05, 0) is 26.2 Å². The molecule has 0 saturated carbocycles. The largest absolute Gasteiger partial charge is 0.353 e. The molecular formula is C10H20O2. The van der Waals surface area contributed by atoms with Crippen LogP contribution in [0.1, 0.15) is 41.0 Å². The predicted octanol–water partition coefficient (Wildman–Crippen LogP) is 2.57. The van der Waals surface area contributed by atoms with Crippen LogP contribution in [-0.4, -0.2) is 18.5 Å². The number of hydrogen-bond donors (Lipinski definition) is 0. The summed E-state index contributed by atoms with van der Waals surface area (Å²) < 4.78 is 11.2. The fourth-order valence-electron chi connectivity index (χ4n) is 1.84. The average molecular weight is 172 g/mol. The second-order valence-electron chi connectivity index (χ2n) is 5.01. The minimum absolute atomic E-state index is 0.0994. The van der Waals surface area contributed by atoms with E-state index in [0.717, 1.165) is 6.42 Å². The molecule has 0 aliphatic carbocycles. The Kier molecular flexibility index (Phi) is 2.05. The third-order valence-corrected chi connectivity index (χ3v) is 3.30. The number of rotatable bonds is 1. The quantitative estimate of drug-likeness (QED) is 0.605. The fraction of sp³-hybridized carbons (Fsp3) is 1.00. The first-order chi connectivity index (χ1) is 5.22. The molecular weight excluding hydrogens is 152 g/mol. The van der Waals surface area contributed by atoms with Crippen LogP contribution in [0.5, 0.6) is 0 Å². The van der Waals surface area contributed by atoms with E-state index in [9.17, 15) is 0 Å². The van der Waals surface area contributed by atoms with E-state index < -0.39 is 5.79 Å². The highest BCUT2D eigenvalue weighted by molar-refractivity contribution is 4.98. The van der Waals surface area contributed by atoms with Crippen molar-refractivity contribution >= 4 is 0 Å². The molecule has 1 heterocycles. The first kappa shape index (κ1) is 10.0. The molecule has 1 rings (SSSR count). The summed E-state index contributed by atoms with van der Waals surface area (Å²) in [6.07, 6.45) is 0.948. The molecule has 1 saturated heterocycles. The zero-order valence-electron chi connectivity index (χ0n) is 9.02. The van der Waals surface area contributed by atoms with Gasteiger partial charge in [-0.1, -0.05) is 13.8 Å². The Morgan fingerprint density at radius 2 is 1.58 bits per heavy atom. The molecule has 12 heavy (non-hydrogen) atoms. The lowest BCUT2D eigenvalue weighted by Gasteiger charge is -2.32. The van der Waals surface area contributed by atoms with Gasteiger partial charge in [-0.25, -0.2) is 0 Å². The number of methoxy groups -OCH3 is 1. The van der Waals surface area contributed by atoms with Gasteiger partial charge in [0.1, 0.15) is 0 Å². The topological polar surface area (TPSA) is 18.5 Å². The summed E-state index contributed by atoms with van der Waals surface area (Å²) in [6.45, 7) is 10.7. The lowest BCUT2D eigenvalue weighted by Crippen LogP contribution is -2.35. The van der Waals surface area contributed by atoms with Crippen LogP contribution in [0.3, 0.4) is 0 Å². The van der Waals surface area contributed by atoms with Gasteiger partial charge in [-0.2, -0.15) is 0 Å². The van der Waals surface area contributed by atoms with Crippen molar-refractivity contribution in [3.63, 3.8) is 0 Å². The molecule has 0 aromatic heterocycles. The molecule has 0 spiro atoms. The van der Waals surface area contributed by atoms with Crippen LogP contribution in [0, 0.1) is 5.41 Å². The van der Waals surface area contributed by atoms with E-state index >= 15 is 0 Å². The van der Waals surface area contributed by atoms with Crippen molar-refractivity contribution in [1.29, 1.82) is 0 Å². The molecule has 1 aliphatic heterocycles. The predicted molar refractivity (Wildman–Crippen MR) is 49.0 cm³/mol. The summed E-state index contributed by atoms with van der Waals surface area (Å²) in [6, 6.07) is 0. The van der Waals surface area contributed by atoms with E-state index in [2.05, 4.69) is 27.7 Å². The van der Waals surface area contributed by atoms with Crippen LogP contribution < -0.4 is 0 Å². The zero-order chi connectivity index (χ0) is 9.62. The highest BCUT2D eigenvalue weighted by Gasteiger charge is 2.53. The summed E-state index contributed by atoms with van der Waals surface area (Å²) in [5.74, 6) is -0.396. The minimum atomic E-state index is -0.396. The van der Waals surface area contributed by atoms with E-state index in [-0.39, 0.29) is 11.0 Å². The van der Waals surface area contributed by atoms with Crippen LogP contribution in [0.25, 0.3) is 0 Å². The number of ether oxygens (including phenoxy) is 2. The first-order valence-corrected chi connectivity index (χ1v) is 4.48. The monoisotopic (exact) mass is 172 g/mol. The molecule has 2 nitrogen and oxygen atoms in total. The van der Waals surface area contributed by atoms with E-state index in [4.69, 9.17) is 9.47 Å². The third-order valence-electron chi connectivity index (χ3n) is 3.30. The van der Waals surface area contributed by atoms with Crippen molar-refractivity contribution in [2.75, 3.05) is 7.11 Å². The fourth-order valence-corrected chi connectivity index (χ4v) is 1.84. The van der Waals surface area contributed by atoms with Crippen molar-refractivity contribution in [2.45, 2.75) is 52.4 Å². The summed E-state index contributed by atoms with van der Waals surface area (Å²) in [5.41, 5.74) is 0.0789. The van der Waals surface area contributed by atoms with E-state index in [0.29, 0.717) is 0 Å². The van der Waals surface area contributed by atoms with Crippen LogP contribution in [0.15, 0.2) is 0 Å². The van der Waals surface area contributed by atoms with Gasteiger partial charge in [-0.15, -0.1) is 0 Å². The van der Waals surface area contributed by atoms with Crippen molar-refractivity contribution in [1.82, 2.24) is 0 Å². The summed E-state index contributed by atoms with van der Waals surface area (Å²) in [5, 5.41) is 0. The van der Waals surface area contributed by atoms with E-state index in [1.54, 1.807) is 7.11 Å². The van der Waals surface area contributed by atoms with Gasteiger partial charge in [0.25, 0.3) is 0 Å². The lowest BCUT2D eigenvalue weighted by molar-refractivity contribution is -0.222. The van der Waals surface area contributed by atoms with Gasteiger partial charge in [-0.3, -0.25) is 0 Å². The molecule has 1 atom stereocenters. The Bertz CT molecular complexity index is 166. The molecule has 2 heteroatoms. The minimum Gasteiger partial charge on any atom is -0.353 e. The molecule has 0 aromatic carbocycles. The smallest absolute Gasteiger partial charge is 0.166 e. The van der Waals surface area contributed by atoms with Gasteiger partial charge in [0, 0.05) is 13.5 Å². The normalized spacial score (nSPS) is 38.5. The van der Waals surface area contributed by atoms with Gasteiger partial charge in [0.15, 0.2) is 5.79 Å².